The first kappa shape index (κ1) is 12.7. The van der Waals surface area contributed by atoms with Gasteiger partial charge in [-0.25, -0.2) is 4.79 Å². The van der Waals surface area contributed by atoms with Crippen molar-refractivity contribution in [3.05, 3.63) is 24.3 Å². The Bertz CT molecular complexity index is 340. The van der Waals surface area contributed by atoms with Gasteiger partial charge in [0, 0.05) is 11.4 Å². The molecule has 16 heavy (non-hydrogen) atoms. The minimum Gasteiger partial charge on any atom is -0.480 e. The second kappa shape index (κ2) is 6.27. The van der Waals surface area contributed by atoms with Crippen molar-refractivity contribution in [3.8, 4) is 0 Å². The third-order valence-electron chi connectivity index (χ3n) is 2.16. The molecule has 0 bridgehead atoms. The number of rotatable bonds is 6. The Kier molecular flexibility index (Phi) is 4.98. The highest BCUT2D eigenvalue weighted by Gasteiger charge is 2.16. The van der Waals surface area contributed by atoms with Crippen LogP contribution in [0.1, 0.15) is 6.42 Å². The maximum Gasteiger partial charge on any atom is 0.326 e. The van der Waals surface area contributed by atoms with Gasteiger partial charge >= 0.3 is 5.97 Å². The van der Waals surface area contributed by atoms with Crippen molar-refractivity contribution in [3.63, 3.8) is 0 Å². The number of hydrogen-bond acceptors (Lipinski definition) is 4. The summed E-state index contributed by atoms with van der Waals surface area (Å²) in [5.74, 6) is -0.00950. The van der Waals surface area contributed by atoms with E-state index in [1.165, 1.54) is 0 Å². The van der Waals surface area contributed by atoms with E-state index in [1.807, 2.05) is 6.26 Å². The van der Waals surface area contributed by atoms with Gasteiger partial charge in [-0.3, -0.25) is 0 Å². The summed E-state index contributed by atoms with van der Waals surface area (Å²) in [6.45, 7) is 0. The zero-order valence-electron chi connectivity index (χ0n) is 9.14. The van der Waals surface area contributed by atoms with Crippen molar-refractivity contribution in [2.24, 2.45) is 0 Å². The van der Waals surface area contributed by atoms with Gasteiger partial charge < -0.3 is 16.2 Å². The minimum atomic E-state index is -0.828. The number of carbonyl (C=O) groups is 1. The summed E-state index contributed by atoms with van der Waals surface area (Å²) in [4.78, 5) is 11.0. The monoisotopic (exact) mass is 240 g/mol. The van der Waals surface area contributed by atoms with Gasteiger partial charge in [0.05, 0.1) is 0 Å². The zero-order valence-corrected chi connectivity index (χ0v) is 9.96. The first-order valence-electron chi connectivity index (χ1n) is 4.97. The number of nitrogens with one attached hydrogen (secondary N) is 1. The van der Waals surface area contributed by atoms with Gasteiger partial charge in [-0.05, 0) is 42.7 Å². The van der Waals surface area contributed by atoms with E-state index < -0.39 is 12.0 Å². The van der Waals surface area contributed by atoms with E-state index >= 15 is 0 Å². The Balaban J connectivity index is 2.60. The minimum absolute atomic E-state index is 0.545. The molecule has 1 aromatic carbocycles. The molecular formula is C11H16N2O2S. The van der Waals surface area contributed by atoms with Gasteiger partial charge in [0.1, 0.15) is 6.04 Å². The SMILES string of the molecule is CSCCC(Nc1ccc(N)cc1)C(=O)O. The fourth-order valence-electron chi connectivity index (χ4n) is 1.27. The smallest absolute Gasteiger partial charge is 0.326 e. The van der Waals surface area contributed by atoms with Gasteiger partial charge in [0.25, 0.3) is 0 Å². The Hall–Kier alpha value is -1.36. The molecular weight excluding hydrogens is 224 g/mol. The topological polar surface area (TPSA) is 75.3 Å². The summed E-state index contributed by atoms with van der Waals surface area (Å²) in [5, 5.41) is 12.0. The molecule has 4 nitrogen and oxygen atoms in total. The van der Waals surface area contributed by atoms with Crippen LogP contribution in [0.5, 0.6) is 0 Å². The number of nitrogen functional groups attached to an aromatic ring is 1. The lowest BCUT2D eigenvalue weighted by atomic mass is 10.2. The summed E-state index contributed by atoms with van der Waals surface area (Å²) in [6, 6.07) is 6.51. The highest BCUT2D eigenvalue weighted by Crippen LogP contribution is 2.13. The van der Waals surface area contributed by atoms with Gasteiger partial charge in [-0.15, -0.1) is 0 Å². The zero-order chi connectivity index (χ0) is 12.0. The number of benzene rings is 1. The molecule has 0 saturated heterocycles. The maximum absolute atomic E-state index is 11.0. The molecule has 0 radical (unpaired) electrons. The molecule has 0 fully saturated rings. The normalized spacial score (nSPS) is 12.1. The van der Waals surface area contributed by atoms with Crippen LogP contribution in [-0.4, -0.2) is 29.1 Å². The van der Waals surface area contributed by atoms with Crippen LogP contribution in [0.25, 0.3) is 0 Å². The summed E-state index contributed by atoms with van der Waals surface area (Å²) < 4.78 is 0. The van der Waals surface area contributed by atoms with Crippen molar-refractivity contribution in [2.45, 2.75) is 12.5 Å². The van der Waals surface area contributed by atoms with E-state index in [0.717, 1.165) is 11.4 Å². The number of hydrogen-bond donors (Lipinski definition) is 3. The summed E-state index contributed by atoms with van der Waals surface area (Å²) in [6.07, 6.45) is 2.56. The Morgan fingerprint density at radius 3 is 2.62 bits per heavy atom. The largest absolute Gasteiger partial charge is 0.480 e. The van der Waals surface area contributed by atoms with E-state index in [2.05, 4.69) is 5.32 Å². The molecule has 88 valence electrons. The number of carboxylic acids is 1. The van der Waals surface area contributed by atoms with Crippen LogP contribution in [0.2, 0.25) is 0 Å². The predicted molar refractivity (Wildman–Crippen MR) is 68.9 cm³/mol. The van der Waals surface area contributed by atoms with E-state index in [0.29, 0.717) is 12.1 Å². The Morgan fingerprint density at radius 2 is 2.12 bits per heavy atom. The van der Waals surface area contributed by atoms with Crippen LogP contribution in [-0.2, 0) is 4.79 Å². The lowest BCUT2D eigenvalue weighted by molar-refractivity contribution is -0.137. The van der Waals surface area contributed by atoms with Crippen LogP contribution >= 0.6 is 11.8 Å². The number of anilines is 2. The van der Waals surface area contributed by atoms with Crippen LogP contribution in [0.4, 0.5) is 11.4 Å². The van der Waals surface area contributed by atoms with Crippen molar-refractivity contribution in [1.29, 1.82) is 0 Å². The standard InChI is InChI=1S/C11H16N2O2S/c1-16-7-6-10(11(14)15)13-9-4-2-8(12)3-5-9/h2-5,10,13H,6-7,12H2,1H3,(H,14,15). The van der Waals surface area contributed by atoms with E-state index in [-0.39, 0.29) is 0 Å². The molecule has 0 spiro atoms. The van der Waals surface area contributed by atoms with Crippen LogP contribution in [0.3, 0.4) is 0 Å². The van der Waals surface area contributed by atoms with Crippen LogP contribution < -0.4 is 11.1 Å². The molecule has 0 aromatic heterocycles. The van der Waals surface area contributed by atoms with Gasteiger partial charge in [0.2, 0.25) is 0 Å². The number of aliphatic carboxylic acids is 1. The summed E-state index contributed by atoms with van der Waals surface area (Å²) in [5.41, 5.74) is 7.00. The Labute approximate surface area is 99.2 Å². The summed E-state index contributed by atoms with van der Waals surface area (Å²) >= 11 is 1.64. The van der Waals surface area contributed by atoms with Gasteiger partial charge in [0.15, 0.2) is 0 Å². The molecule has 0 amide bonds. The second-order valence-electron chi connectivity index (χ2n) is 3.44. The van der Waals surface area contributed by atoms with E-state index in [1.54, 1.807) is 36.0 Å². The molecule has 1 atom stereocenters. The third-order valence-corrected chi connectivity index (χ3v) is 2.80. The van der Waals surface area contributed by atoms with Crippen LogP contribution in [0, 0.1) is 0 Å². The molecule has 0 aliphatic carbocycles. The first-order valence-corrected chi connectivity index (χ1v) is 6.36. The molecule has 1 rings (SSSR count). The number of carboxylic acid groups (broad SMARTS) is 1. The third kappa shape index (κ3) is 4.02. The second-order valence-corrected chi connectivity index (χ2v) is 4.42. The van der Waals surface area contributed by atoms with Crippen molar-refractivity contribution >= 4 is 29.1 Å². The molecule has 5 heteroatoms. The lowest BCUT2D eigenvalue weighted by Gasteiger charge is -2.15. The molecule has 0 saturated carbocycles. The highest BCUT2D eigenvalue weighted by atomic mass is 32.2. The quantitative estimate of drug-likeness (QED) is 0.662. The van der Waals surface area contributed by atoms with E-state index in [9.17, 15) is 4.79 Å². The number of thioether (sulfide) groups is 1. The molecule has 4 N–H and O–H groups in total. The first-order chi connectivity index (χ1) is 7.63. The lowest BCUT2D eigenvalue weighted by Crippen LogP contribution is -2.29. The molecule has 0 aliphatic rings. The van der Waals surface area contributed by atoms with E-state index in [4.69, 9.17) is 10.8 Å². The molecule has 0 heterocycles. The average molecular weight is 240 g/mol. The van der Waals surface area contributed by atoms with Crippen molar-refractivity contribution in [2.75, 3.05) is 23.1 Å². The number of nitrogens with two attached hydrogens (primary N) is 1. The van der Waals surface area contributed by atoms with Gasteiger partial charge in [-0.2, -0.15) is 11.8 Å². The fraction of sp³-hybridized carbons (Fsp3) is 0.364. The maximum atomic E-state index is 11.0. The average Bonchev–Trinajstić information content (AvgIpc) is 2.26. The van der Waals surface area contributed by atoms with Gasteiger partial charge in [-0.1, -0.05) is 0 Å². The highest BCUT2D eigenvalue weighted by molar-refractivity contribution is 7.98. The predicted octanol–water partition coefficient (Wildman–Crippen LogP) is 1.89. The fourth-order valence-corrected chi connectivity index (χ4v) is 1.75. The Morgan fingerprint density at radius 1 is 1.50 bits per heavy atom. The molecule has 1 aromatic rings. The van der Waals surface area contributed by atoms with Crippen molar-refractivity contribution < 1.29 is 9.90 Å². The molecule has 0 aliphatic heterocycles. The molecule has 1 unspecified atom stereocenters. The van der Waals surface area contributed by atoms with Crippen molar-refractivity contribution in [1.82, 2.24) is 0 Å². The van der Waals surface area contributed by atoms with Crippen LogP contribution in [0.15, 0.2) is 24.3 Å². The summed E-state index contributed by atoms with van der Waals surface area (Å²) in [7, 11) is 0.